The average Bonchev–Trinajstić information content (AvgIpc) is 3.09. The van der Waals surface area contributed by atoms with Crippen LogP contribution in [0.3, 0.4) is 0 Å². The van der Waals surface area contributed by atoms with Crippen LogP contribution in [0.5, 0.6) is 0 Å². The van der Waals surface area contributed by atoms with Crippen molar-refractivity contribution in [2.75, 3.05) is 27.2 Å². The van der Waals surface area contributed by atoms with Gasteiger partial charge in [0.05, 0.1) is 6.54 Å². The number of aryl methyl sites for hydroxylation is 1. The summed E-state index contributed by atoms with van der Waals surface area (Å²) in [7, 11) is 3.94. The molecule has 1 heterocycles. The van der Waals surface area contributed by atoms with Crippen molar-refractivity contribution in [2.24, 2.45) is 5.92 Å². The topological polar surface area (TPSA) is 61.6 Å². The quantitative estimate of drug-likeness (QED) is 0.679. The minimum absolute atomic E-state index is 0.195. The van der Waals surface area contributed by atoms with Crippen molar-refractivity contribution in [1.29, 1.82) is 0 Å². The van der Waals surface area contributed by atoms with Gasteiger partial charge < -0.3 is 14.6 Å². The van der Waals surface area contributed by atoms with Crippen molar-refractivity contribution in [3.05, 3.63) is 53.2 Å². The monoisotopic (exact) mass is 386 g/mol. The third-order valence-electron chi connectivity index (χ3n) is 4.98. The lowest BCUT2D eigenvalue weighted by molar-refractivity contribution is 0.0945. The van der Waals surface area contributed by atoms with Crippen LogP contribution in [0.2, 0.25) is 0 Å². The van der Waals surface area contributed by atoms with E-state index in [1.165, 1.54) is 17.4 Å². The van der Waals surface area contributed by atoms with Crippen molar-refractivity contribution < 1.29 is 9.21 Å². The molecule has 2 rings (SSSR count). The van der Waals surface area contributed by atoms with Crippen LogP contribution >= 0.6 is 0 Å². The first-order valence-corrected chi connectivity index (χ1v) is 9.93. The second-order valence-corrected chi connectivity index (χ2v) is 8.06. The van der Waals surface area contributed by atoms with E-state index in [-0.39, 0.29) is 5.91 Å². The molecule has 0 aliphatic rings. The number of benzene rings is 1. The van der Waals surface area contributed by atoms with Crippen LogP contribution in [0.1, 0.15) is 48.3 Å². The highest BCUT2D eigenvalue weighted by molar-refractivity contribution is 5.91. The lowest BCUT2D eigenvalue weighted by Gasteiger charge is -2.30. The standard InChI is InChI=1S/C22H34N4O2/c1-16(2)18(4)26(13-19-9-7-8-17(3)12-19)14-21-24-20(15-28-21)22(27)23-10-11-25(5)6/h7-9,12,15-16,18H,10-11,13-14H2,1-6H3,(H,23,27). The molecule has 1 aromatic carbocycles. The number of carbonyl (C=O) groups is 1. The normalized spacial score (nSPS) is 12.8. The Labute approximate surface area is 168 Å². The van der Waals surface area contributed by atoms with Crippen molar-refractivity contribution in [3.63, 3.8) is 0 Å². The number of hydrogen-bond donors (Lipinski definition) is 1. The van der Waals surface area contributed by atoms with Crippen LogP contribution < -0.4 is 5.32 Å². The van der Waals surface area contributed by atoms with Crippen LogP contribution in [-0.2, 0) is 13.1 Å². The summed E-state index contributed by atoms with van der Waals surface area (Å²) in [6.45, 7) is 11.5. The molecule has 1 aromatic heterocycles. The number of rotatable bonds is 10. The minimum Gasteiger partial charge on any atom is -0.447 e. The Morgan fingerprint density at radius 3 is 2.61 bits per heavy atom. The molecule has 0 saturated heterocycles. The molecule has 6 nitrogen and oxygen atoms in total. The first kappa shape index (κ1) is 22.1. The minimum atomic E-state index is -0.195. The molecule has 154 valence electrons. The van der Waals surface area contributed by atoms with Gasteiger partial charge in [-0.05, 0) is 39.4 Å². The highest BCUT2D eigenvalue weighted by Crippen LogP contribution is 2.18. The Morgan fingerprint density at radius 2 is 1.96 bits per heavy atom. The number of hydrogen-bond acceptors (Lipinski definition) is 5. The van der Waals surface area contributed by atoms with Gasteiger partial charge in [-0.2, -0.15) is 0 Å². The summed E-state index contributed by atoms with van der Waals surface area (Å²) in [5.74, 6) is 0.866. The zero-order valence-electron chi connectivity index (χ0n) is 18.0. The Kier molecular flexibility index (Phi) is 8.20. The number of aromatic nitrogens is 1. The van der Waals surface area contributed by atoms with Gasteiger partial charge in [-0.3, -0.25) is 9.69 Å². The summed E-state index contributed by atoms with van der Waals surface area (Å²) in [5.41, 5.74) is 2.85. The van der Waals surface area contributed by atoms with E-state index in [1.54, 1.807) is 0 Å². The maximum absolute atomic E-state index is 12.2. The van der Waals surface area contributed by atoms with Crippen LogP contribution in [0.25, 0.3) is 0 Å². The van der Waals surface area contributed by atoms with Crippen molar-refractivity contribution in [3.8, 4) is 0 Å². The number of nitrogens with zero attached hydrogens (tertiary/aromatic N) is 3. The largest absolute Gasteiger partial charge is 0.447 e. The number of likely N-dealkylation sites (N-methyl/N-ethyl adjacent to an activating group) is 1. The summed E-state index contributed by atoms with van der Waals surface area (Å²) in [6.07, 6.45) is 1.45. The zero-order chi connectivity index (χ0) is 20.7. The molecule has 1 unspecified atom stereocenters. The van der Waals surface area contributed by atoms with E-state index in [9.17, 15) is 4.79 Å². The van der Waals surface area contributed by atoms with Crippen molar-refractivity contribution in [1.82, 2.24) is 20.1 Å². The molecule has 0 saturated carbocycles. The van der Waals surface area contributed by atoms with E-state index in [0.29, 0.717) is 36.6 Å². The molecule has 0 radical (unpaired) electrons. The first-order chi connectivity index (χ1) is 13.3. The molecule has 0 aliphatic carbocycles. The molecule has 28 heavy (non-hydrogen) atoms. The molecule has 6 heteroatoms. The second-order valence-electron chi connectivity index (χ2n) is 8.06. The highest BCUT2D eigenvalue weighted by Gasteiger charge is 2.21. The van der Waals surface area contributed by atoms with Gasteiger partial charge in [0.2, 0.25) is 5.89 Å². The molecular weight excluding hydrogens is 352 g/mol. The maximum Gasteiger partial charge on any atom is 0.273 e. The summed E-state index contributed by atoms with van der Waals surface area (Å²) < 4.78 is 5.61. The van der Waals surface area contributed by atoms with Gasteiger partial charge in [-0.1, -0.05) is 43.7 Å². The molecule has 2 aromatic rings. The van der Waals surface area contributed by atoms with Gasteiger partial charge in [0, 0.05) is 25.7 Å². The molecular formula is C22H34N4O2. The fourth-order valence-corrected chi connectivity index (χ4v) is 2.96. The maximum atomic E-state index is 12.2. The Bertz CT molecular complexity index is 754. The lowest BCUT2D eigenvalue weighted by Crippen LogP contribution is -2.36. The predicted molar refractivity (Wildman–Crippen MR) is 112 cm³/mol. The highest BCUT2D eigenvalue weighted by atomic mass is 16.3. The number of carbonyl (C=O) groups excluding carboxylic acids is 1. The van der Waals surface area contributed by atoms with Crippen LogP contribution in [0.15, 0.2) is 34.9 Å². The third kappa shape index (κ3) is 6.77. The van der Waals surface area contributed by atoms with Crippen LogP contribution in [-0.4, -0.2) is 53.9 Å². The molecule has 1 atom stereocenters. The Morgan fingerprint density at radius 1 is 1.21 bits per heavy atom. The number of amides is 1. The predicted octanol–water partition coefficient (Wildman–Crippen LogP) is 3.32. The number of oxazole rings is 1. The summed E-state index contributed by atoms with van der Waals surface area (Å²) >= 11 is 0. The number of nitrogens with one attached hydrogen (secondary N) is 1. The second kappa shape index (κ2) is 10.4. The van der Waals surface area contributed by atoms with E-state index >= 15 is 0 Å². The van der Waals surface area contributed by atoms with E-state index in [2.05, 4.69) is 67.2 Å². The van der Waals surface area contributed by atoms with Gasteiger partial charge in [0.1, 0.15) is 6.26 Å². The summed E-state index contributed by atoms with van der Waals surface area (Å²) in [6, 6.07) is 8.90. The van der Waals surface area contributed by atoms with E-state index < -0.39 is 0 Å². The van der Waals surface area contributed by atoms with Gasteiger partial charge in [0.25, 0.3) is 5.91 Å². The van der Waals surface area contributed by atoms with E-state index in [0.717, 1.165) is 13.1 Å². The zero-order valence-corrected chi connectivity index (χ0v) is 18.0. The Hall–Kier alpha value is -2.18. The lowest BCUT2D eigenvalue weighted by atomic mass is 10.0. The van der Waals surface area contributed by atoms with Crippen molar-refractivity contribution in [2.45, 2.75) is 46.8 Å². The average molecular weight is 387 g/mol. The van der Waals surface area contributed by atoms with Gasteiger partial charge in [-0.25, -0.2) is 4.98 Å². The molecule has 0 spiro atoms. The smallest absolute Gasteiger partial charge is 0.273 e. The third-order valence-corrected chi connectivity index (χ3v) is 4.98. The molecule has 1 amide bonds. The SMILES string of the molecule is Cc1cccc(CN(Cc2nc(C(=O)NCCN(C)C)co2)C(C)C(C)C)c1. The molecule has 0 aliphatic heterocycles. The molecule has 1 N–H and O–H groups in total. The van der Waals surface area contributed by atoms with Gasteiger partial charge >= 0.3 is 0 Å². The summed E-state index contributed by atoms with van der Waals surface area (Å²) in [5, 5.41) is 2.87. The summed E-state index contributed by atoms with van der Waals surface area (Å²) in [4.78, 5) is 21.0. The fraction of sp³-hybridized carbons (Fsp3) is 0.545. The fourth-order valence-electron chi connectivity index (χ4n) is 2.96. The van der Waals surface area contributed by atoms with E-state index in [1.807, 2.05) is 19.0 Å². The van der Waals surface area contributed by atoms with Gasteiger partial charge in [-0.15, -0.1) is 0 Å². The molecule has 0 bridgehead atoms. The van der Waals surface area contributed by atoms with E-state index in [4.69, 9.17) is 4.42 Å². The first-order valence-electron chi connectivity index (χ1n) is 9.93. The molecule has 0 fully saturated rings. The van der Waals surface area contributed by atoms with Gasteiger partial charge in [0.15, 0.2) is 5.69 Å². The van der Waals surface area contributed by atoms with Crippen LogP contribution in [0, 0.1) is 12.8 Å². The van der Waals surface area contributed by atoms with Crippen molar-refractivity contribution >= 4 is 5.91 Å². The van der Waals surface area contributed by atoms with Crippen LogP contribution in [0.4, 0.5) is 0 Å². The Balaban J connectivity index is 2.05.